The van der Waals surface area contributed by atoms with Gasteiger partial charge in [-0.3, -0.25) is 0 Å². The minimum atomic E-state index is -3.67. The maximum atomic E-state index is 12.7. The van der Waals surface area contributed by atoms with Crippen molar-refractivity contribution in [3.05, 3.63) is 59.6 Å². The van der Waals surface area contributed by atoms with E-state index in [2.05, 4.69) is 15.0 Å². The molecule has 9 heteroatoms. The molecule has 3 rings (SSSR count). The Balaban J connectivity index is 1.64. The second-order valence-electron chi connectivity index (χ2n) is 8.20. The number of rotatable bonds is 8. The highest BCUT2D eigenvalue weighted by Gasteiger charge is 2.21. The number of ether oxygens (including phenoxy) is 1. The van der Waals surface area contributed by atoms with Crippen LogP contribution >= 0.6 is 11.3 Å². The summed E-state index contributed by atoms with van der Waals surface area (Å²) >= 11 is 1.39. The first-order chi connectivity index (χ1) is 14.6. The number of amides is 1. The van der Waals surface area contributed by atoms with Gasteiger partial charge in [0, 0.05) is 12.6 Å². The summed E-state index contributed by atoms with van der Waals surface area (Å²) < 4.78 is 34.2. The molecule has 0 aliphatic carbocycles. The molecule has 0 aliphatic heterocycles. The molecule has 166 valence electrons. The van der Waals surface area contributed by atoms with Crippen LogP contribution in [0.1, 0.15) is 32.8 Å². The van der Waals surface area contributed by atoms with Gasteiger partial charge in [0.15, 0.2) is 0 Å². The summed E-state index contributed by atoms with van der Waals surface area (Å²) in [6, 6.07) is 14.3. The molecule has 1 aromatic heterocycles. The third-order valence-corrected chi connectivity index (χ3v) is 6.69. The predicted octanol–water partition coefficient (Wildman–Crippen LogP) is 4.10. The van der Waals surface area contributed by atoms with Crippen LogP contribution in [0.2, 0.25) is 0 Å². The van der Waals surface area contributed by atoms with Gasteiger partial charge in [0.05, 0.1) is 20.6 Å². The number of thiazole rings is 1. The molecule has 7 nitrogen and oxygen atoms in total. The van der Waals surface area contributed by atoms with Crippen molar-refractivity contribution in [3.63, 3.8) is 0 Å². The Kier molecular flexibility index (Phi) is 7.30. The molecule has 1 amide bonds. The number of fused-ring (bicyclic) bond motifs is 1. The molecular weight excluding hydrogens is 434 g/mol. The van der Waals surface area contributed by atoms with E-state index in [1.54, 1.807) is 44.5 Å². The van der Waals surface area contributed by atoms with Crippen LogP contribution in [-0.4, -0.2) is 37.7 Å². The quantitative estimate of drug-likeness (QED) is 0.526. The summed E-state index contributed by atoms with van der Waals surface area (Å²) in [6.45, 7) is 5.57. The van der Waals surface area contributed by atoms with Crippen molar-refractivity contribution in [1.82, 2.24) is 15.0 Å². The number of nitrogens with zero attached hydrogens (tertiary/aromatic N) is 1. The molecule has 2 aromatic carbocycles. The Hall–Kier alpha value is -2.49. The summed E-state index contributed by atoms with van der Waals surface area (Å²) in [4.78, 5) is 16.6. The number of carbonyl (C=O) groups is 1. The highest BCUT2D eigenvalue weighted by molar-refractivity contribution is 7.89. The molecule has 0 aliphatic rings. The van der Waals surface area contributed by atoms with Crippen LogP contribution in [0.15, 0.2) is 58.9 Å². The van der Waals surface area contributed by atoms with E-state index < -0.39 is 21.7 Å². The monoisotopic (exact) mass is 461 g/mol. The molecular formula is C22H27N3O4S2. The van der Waals surface area contributed by atoms with Gasteiger partial charge in [-0.2, -0.15) is 0 Å². The van der Waals surface area contributed by atoms with E-state index in [0.717, 1.165) is 15.8 Å². The van der Waals surface area contributed by atoms with Crippen LogP contribution in [0.5, 0.6) is 0 Å². The van der Waals surface area contributed by atoms with E-state index in [-0.39, 0.29) is 17.5 Å². The number of hydrogen-bond donors (Lipinski definition) is 2. The SMILES string of the molecule is CC(C)(C)OC(=O)N[C@H](CCNS(=O)(=O)c1ccc2ncsc2c1)Cc1ccccc1. The van der Waals surface area contributed by atoms with E-state index in [1.807, 2.05) is 30.3 Å². The van der Waals surface area contributed by atoms with Crippen molar-refractivity contribution < 1.29 is 17.9 Å². The summed E-state index contributed by atoms with van der Waals surface area (Å²) in [5.74, 6) is 0. The fourth-order valence-corrected chi connectivity index (χ4v) is 4.92. The van der Waals surface area contributed by atoms with Gasteiger partial charge in [-0.1, -0.05) is 30.3 Å². The number of nitrogens with one attached hydrogen (secondary N) is 2. The first-order valence-corrected chi connectivity index (χ1v) is 12.3. The summed E-state index contributed by atoms with van der Waals surface area (Å²) in [7, 11) is -3.67. The smallest absolute Gasteiger partial charge is 0.407 e. The van der Waals surface area contributed by atoms with Gasteiger partial charge < -0.3 is 10.1 Å². The zero-order chi connectivity index (χ0) is 22.5. The number of benzene rings is 2. The van der Waals surface area contributed by atoms with Gasteiger partial charge >= 0.3 is 6.09 Å². The van der Waals surface area contributed by atoms with E-state index in [9.17, 15) is 13.2 Å². The molecule has 0 radical (unpaired) electrons. The number of hydrogen-bond acceptors (Lipinski definition) is 6. The first kappa shape index (κ1) is 23.2. The van der Waals surface area contributed by atoms with Crippen LogP contribution in [-0.2, 0) is 21.2 Å². The molecule has 1 heterocycles. The van der Waals surface area contributed by atoms with Gasteiger partial charge in [0.25, 0.3) is 0 Å². The average molecular weight is 462 g/mol. The molecule has 0 bridgehead atoms. The molecule has 0 saturated heterocycles. The molecule has 1 atom stereocenters. The molecule has 0 fully saturated rings. The molecule has 0 saturated carbocycles. The largest absolute Gasteiger partial charge is 0.444 e. The van der Waals surface area contributed by atoms with Crippen molar-refractivity contribution in [2.24, 2.45) is 0 Å². The van der Waals surface area contributed by atoms with Crippen LogP contribution in [0.25, 0.3) is 10.2 Å². The van der Waals surface area contributed by atoms with Crippen LogP contribution in [0, 0.1) is 0 Å². The Morgan fingerprint density at radius 3 is 2.61 bits per heavy atom. The van der Waals surface area contributed by atoms with Gasteiger partial charge in [-0.05, 0) is 57.4 Å². The van der Waals surface area contributed by atoms with E-state index in [1.165, 1.54) is 11.3 Å². The Morgan fingerprint density at radius 2 is 1.90 bits per heavy atom. The van der Waals surface area contributed by atoms with Gasteiger partial charge in [0.2, 0.25) is 10.0 Å². The number of sulfonamides is 1. The maximum Gasteiger partial charge on any atom is 0.407 e. The van der Waals surface area contributed by atoms with Crippen LogP contribution < -0.4 is 10.0 Å². The first-order valence-electron chi connectivity index (χ1n) is 9.99. The Morgan fingerprint density at radius 1 is 1.16 bits per heavy atom. The van der Waals surface area contributed by atoms with Crippen LogP contribution in [0.4, 0.5) is 4.79 Å². The standard InChI is InChI=1S/C22H27N3O4S2/c1-22(2,3)29-21(26)25-17(13-16-7-5-4-6-8-16)11-12-24-31(27,28)18-9-10-19-20(14-18)30-15-23-19/h4-10,14-15,17,24H,11-13H2,1-3H3,(H,25,26)/t17-/m1/s1. The highest BCUT2D eigenvalue weighted by atomic mass is 32.2. The van der Waals surface area contributed by atoms with Gasteiger partial charge in [-0.25, -0.2) is 22.9 Å². The zero-order valence-electron chi connectivity index (χ0n) is 17.8. The predicted molar refractivity (Wildman–Crippen MR) is 123 cm³/mol. The molecule has 0 unspecified atom stereocenters. The van der Waals surface area contributed by atoms with Crippen molar-refractivity contribution in [1.29, 1.82) is 0 Å². The van der Waals surface area contributed by atoms with E-state index >= 15 is 0 Å². The third-order valence-electron chi connectivity index (χ3n) is 4.44. The summed E-state index contributed by atoms with van der Waals surface area (Å²) in [5.41, 5.74) is 2.89. The van der Waals surface area contributed by atoms with E-state index in [4.69, 9.17) is 4.74 Å². The molecule has 31 heavy (non-hydrogen) atoms. The summed E-state index contributed by atoms with van der Waals surface area (Å²) in [5, 5.41) is 2.87. The molecule has 3 aromatic rings. The Labute approximate surface area is 186 Å². The second-order valence-corrected chi connectivity index (χ2v) is 10.9. The summed E-state index contributed by atoms with van der Waals surface area (Å²) in [6.07, 6.45) is 0.456. The fourth-order valence-electron chi connectivity index (χ4n) is 3.05. The van der Waals surface area contributed by atoms with Crippen molar-refractivity contribution in [2.75, 3.05) is 6.54 Å². The second kappa shape index (κ2) is 9.76. The minimum absolute atomic E-state index is 0.177. The lowest BCUT2D eigenvalue weighted by molar-refractivity contribution is 0.0502. The lowest BCUT2D eigenvalue weighted by Crippen LogP contribution is -2.42. The van der Waals surface area contributed by atoms with Crippen molar-refractivity contribution >= 4 is 37.7 Å². The number of carbonyl (C=O) groups excluding carboxylic acids is 1. The number of alkyl carbamates (subject to hydrolysis) is 1. The Bertz CT molecular complexity index is 1120. The topological polar surface area (TPSA) is 97.4 Å². The highest BCUT2D eigenvalue weighted by Crippen LogP contribution is 2.21. The normalized spacial score (nSPS) is 13.1. The van der Waals surface area contributed by atoms with Gasteiger partial charge in [-0.15, -0.1) is 11.3 Å². The van der Waals surface area contributed by atoms with Crippen LogP contribution in [0.3, 0.4) is 0 Å². The molecule has 0 spiro atoms. The lowest BCUT2D eigenvalue weighted by atomic mass is 10.0. The zero-order valence-corrected chi connectivity index (χ0v) is 19.4. The maximum absolute atomic E-state index is 12.7. The van der Waals surface area contributed by atoms with Crippen molar-refractivity contribution in [3.8, 4) is 0 Å². The third kappa shape index (κ3) is 7.02. The average Bonchev–Trinajstić information content (AvgIpc) is 3.15. The minimum Gasteiger partial charge on any atom is -0.444 e. The fraction of sp³-hybridized carbons (Fsp3) is 0.364. The van der Waals surface area contributed by atoms with E-state index in [0.29, 0.717) is 12.8 Å². The number of aromatic nitrogens is 1. The molecule has 2 N–H and O–H groups in total. The lowest BCUT2D eigenvalue weighted by Gasteiger charge is -2.24. The van der Waals surface area contributed by atoms with Crippen molar-refractivity contribution in [2.45, 2.75) is 50.2 Å². The van der Waals surface area contributed by atoms with Gasteiger partial charge in [0.1, 0.15) is 5.60 Å².